The summed E-state index contributed by atoms with van der Waals surface area (Å²) in [7, 11) is 0. The summed E-state index contributed by atoms with van der Waals surface area (Å²) in [5.41, 5.74) is 2.26. The summed E-state index contributed by atoms with van der Waals surface area (Å²) in [5, 5.41) is 46.5. The second-order valence-corrected chi connectivity index (χ2v) is 4.81. The van der Waals surface area contributed by atoms with Crippen molar-refractivity contribution >= 4 is 0 Å². The van der Waals surface area contributed by atoms with Crippen molar-refractivity contribution in [3.8, 4) is 30.3 Å². The minimum Gasteiger partial charge on any atom is -0.399 e. The first kappa shape index (κ1) is 14.6. The van der Waals surface area contributed by atoms with E-state index in [9.17, 15) is 15.8 Å². The van der Waals surface area contributed by atoms with Crippen LogP contribution in [0, 0.1) is 67.5 Å². The lowest BCUT2D eigenvalue weighted by molar-refractivity contribution is 0.660. The summed E-state index contributed by atoms with van der Waals surface area (Å²) in [4.78, 5) is 0. The van der Waals surface area contributed by atoms with Crippen LogP contribution in [0.4, 0.5) is 0 Å². The Labute approximate surface area is 127 Å². The van der Waals surface area contributed by atoms with Gasteiger partial charge in [0.05, 0.1) is 23.9 Å². The Kier molecular flexibility index (Phi) is 3.29. The molecule has 1 aliphatic rings. The second kappa shape index (κ2) is 4.96. The number of rotatable bonds is 2. The number of nitrogens with zero attached hydrogens (tertiary/aromatic N) is 5. The van der Waals surface area contributed by atoms with E-state index >= 15 is 0 Å². The number of nitrogens with two attached hydrogens (primary N) is 1. The molecule has 1 aliphatic carbocycles. The molecule has 0 aromatic heterocycles. The lowest BCUT2D eigenvalue weighted by Gasteiger charge is -2.09. The maximum Gasteiger partial charge on any atom is 0.177 e. The van der Waals surface area contributed by atoms with Crippen LogP contribution in [0.3, 0.4) is 0 Å². The summed E-state index contributed by atoms with van der Waals surface area (Å²) in [6, 6.07) is 17.4. The molecule has 6 heteroatoms. The van der Waals surface area contributed by atoms with Gasteiger partial charge in [-0.05, 0) is 5.56 Å². The molecule has 1 saturated carbocycles. The Morgan fingerprint density at radius 2 is 1.45 bits per heavy atom. The molecule has 0 radical (unpaired) electrons. The number of hydrogen-bond acceptors (Lipinski definition) is 6. The number of benzene rings is 1. The maximum atomic E-state index is 9.61. The molecule has 102 valence electrons. The fourth-order valence-electron chi connectivity index (χ4n) is 2.87. The van der Waals surface area contributed by atoms with E-state index in [-0.39, 0.29) is 5.70 Å². The molecule has 6 nitrogen and oxygen atoms in total. The maximum absolute atomic E-state index is 9.61. The van der Waals surface area contributed by atoms with E-state index in [1.807, 2.05) is 18.2 Å². The number of nitriles is 5. The average molecular weight is 284 g/mol. The number of hydrogen-bond donors (Lipinski definition) is 1. The minimum atomic E-state index is -1.72. The van der Waals surface area contributed by atoms with Gasteiger partial charge in [0, 0.05) is 5.92 Å². The van der Waals surface area contributed by atoms with Crippen LogP contribution in [0.15, 0.2) is 41.6 Å². The van der Waals surface area contributed by atoms with Gasteiger partial charge in [-0.3, -0.25) is 0 Å². The van der Waals surface area contributed by atoms with Gasteiger partial charge in [0.15, 0.2) is 5.41 Å². The lowest BCUT2D eigenvalue weighted by Crippen LogP contribution is -2.20. The van der Waals surface area contributed by atoms with Gasteiger partial charge >= 0.3 is 0 Å². The third-order valence-corrected chi connectivity index (χ3v) is 3.98. The van der Waals surface area contributed by atoms with Gasteiger partial charge in [-0.1, -0.05) is 30.3 Å². The Morgan fingerprint density at radius 3 is 1.86 bits per heavy atom. The van der Waals surface area contributed by atoms with Crippen molar-refractivity contribution in [2.75, 3.05) is 0 Å². The van der Waals surface area contributed by atoms with E-state index in [0.717, 1.165) is 0 Å². The zero-order chi connectivity index (χ0) is 16.4. The van der Waals surface area contributed by atoms with Crippen molar-refractivity contribution in [1.82, 2.24) is 0 Å². The first-order chi connectivity index (χ1) is 10.6. The van der Waals surface area contributed by atoms with Crippen LogP contribution >= 0.6 is 0 Å². The van der Waals surface area contributed by atoms with Crippen molar-refractivity contribution in [3.63, 3.8) is 0 Å². The molecule has 1 aromatic carbocycles. The molecule has 0 bridgehead atoms. The fourth-order valence-corrected chi connectivity index (χ4v) is 2.87. The highest BCUT2D eigenvalue weighted by molar-refractivity contribution is 5.63. The fraction of sp³-hybridized carbons (Fsp3) is 0.188. The van der Waals surface area contributed by atoms with Gasteiger partial charge in [0.2, 0.25) is 0 Å². The van der Waals surface area contributed by atoms with Crippen molar-refractivity contribution in [2.45, 2.75) is 5.92 Å². The molecule has 0 unspecified atom stereocenters. The summed E-state index contributed by atoms with van der Waals surface area (Å²) in [5.74, 6) is -0.808. The SMILES string of the molecule is N#CC(C#N)=C(N)[C@@]1(C#N)[C@@H](c2ccccc2)C1(C#N)C#N. The van der Waals surface area contributed by atoms with Crippen LogP contribution in [0.1, 0.15) is 11.5 Å². The Balaban J connectivity index is 2.78. The third kappa shape index (κ3) is 1.49. The van der Waals surface area contributed by atoms with E-state index in [0.29, 0.717) is 5.56 Å². The average Bonchev–Trinajstić information content (AvgIpc) is 3.20. The monoisotopic (exact) mass is 284 g/mol. The highest BCUT2D eigenvalue weighted by Crippen LogP contribution is 2.76. The molecule has 2 rings (SSSR count). The van der Waals surface area contributed by atoms with E-state index in [4.69, 9.17) is 16.3 Å². The van der Waals surface area contributed by atoms with Gasteiger partial charge in [0.25, 0.3) is 0 Å². The van der Waals surface area contributed by atoms with E-state index in [1.54, 1.807) is 42.5 Å². The highest BCUT2D eigenvalue weighted by atomic mass is 14.8. The molecular weight excluding hydrogens is 276 g/mol. The molecule has 0 heterocycles. The molecule has 22 heavy (non-hydrogen) atoms. The van der Waals surface area contributed by atoms with Gasteiger partial charge in [-0.25, -0.2) is 0 Å². The smallest absolute Gasteiger partial charge is 0.177 e. The number of allylic oxidation sites excluding steroid dienone is 2. The van der Waals surface area contributed by atoms with Gasteiger partial charge in [-0.2, -0.15) is 26.3 Å². The lowest BCUT2D eigenvalue weighted by atomic mass is 9.90. The highest BCUT2D eigenvalue weighted by Gasteiger charge is 2.82. The summed E-state index contributed by atoms with van der Waals surface area (Å²) in [6.07, 6.45) is 0. The summed E-state index contributed by atoms with van der Waals surface area (Å²) >= 11 is 0. The van der Waals surface area contributed by atoms with Crippen molar-refractivity contribution in [1.29, 1.82) is 26.3 Å². The first-order valence-electron chi connectivity index (χ1n) is 6.18. The largest absolute Gasteiger partial charge is 0.399 e. The molecule has 2 atom stereocenters. The molecule has 0 amide bonds. The standard InChI is InChI=1S/C16H8N6/c17-6-12(7-18)14(22)16(10-21)13(15(16,8-19)9-20)11-4-2-1-3-5-11/h1-5,13H,22H2/t13-,16+/m0/s1. The predicted molar refractivity (Wildman–Crippen MR) is 73.3 cm³/mol. The van der Waals surface area contributed by atoms with Crippen LogP contribution in [-0.2, 0) is 0 Å². The van der Waals surface area contributed by atoms with Gasteiger partial charge in [-0.15, -0.1) is 0 Å². The zero-order valence-corrected chi connectivity index (χ0v) is 11.3. The summed E-state index contributed by atoms with van der Waals surface area (Å²) < 4.78 is 0. The topological polar surface area (TPSA) is 145 Å². The molecule has 1 fully saturated rings. The van der Waals surface area contributed by atoms with E-state index < -0.39 is 22.3 Å². The van der Waals surface area contributed by atoms with Gasteiger partial charge < -0.3 is 5.73 Å². The van der Waals surface area contributed by atoms with Crippen LogP contribution in [0.25, 0.3) is 0 Å². The van der Waals surface area contributed by atoms with Crippen molar-refractivity contribution in [2.24, 2.45) is 16.6 Å². The van der Waals surface area contributed by atoms with Crippen molar-refractivity contribution in [3.05, 3.63) is 47.2 Å². The van der Waals surface area contributed by atoms with Crippen LogP contribution in [0.5, 0.6) is 0 Å². The summed E-state index contributed by atoms with van der Waals surface area (Å²) in [6.45, 7) is 0. The van der Waals surface area contributed by atoms with Crippen LogP contribution < -0.4 is 5.73 Å². The second-order valence-electron chi connectivity index (χ2n) is 4.81. The van der Waals surface area contributed by atoms with Gasteiger partial charge in [0.1, 0.15) is 23.1 Å². The Morgan fingerprint density at radius 1 is 0.909 bits per heavy atom. The molecule has 0 saturated heterocycles. The zero-order valence-electron chi connectivity index (χ0n) is 11.3. The molecule has 1 aromatic rings. The molecule has 0 spiro atoms. The molecular formula is C16H8N6. The van der Waals surface area contributed by atoms with E-state index in [2.05, 4.69) is 0 Å². The Hall–Kier alpha value is -3.79. The van der Waals surface area contributed by atoms with Crippen LogP contribution in [-0.4, -0.2) is 0 Å². The first-order valence-corrected chi connectivity index (χ1v) is 6.18. The third-order valence-electron chi connectivity index (χ3n) is 3.98. The van der Waals surface area contributed by atoms with Crippen molar-refractivity contribution < 1.29 is 0 Å². The Bertz CT molecular complexity index is 833. The van der Waals surface area contributed by atoms with E-state index in [1.165, 1.54) is 0 Å². The molecule has 0 aliphatic heterocycles. The quantitative estimate of drug-likeness (QED) is 0.816. The predicted octanol–water partition coefficient (Wildman–Crippen LogP) is 1.59. The van der Waals surface area contributed by atoms with Crippen LogP contribution in [0.2, 0.25) is 0 Å². The minimum absolute atomic E-state index is 0.322. The normalized spacial score (nSPS) is 23.5. The molecule has 2 N–H and O–H groups in total.